The zero-order valence-corrected chi connectivity index (χ0v) is 7.70. The fourth-order valence-corrected chi connectivity index (χ4v) is 0.887. The number of amides is 1. The van der Waals surface area contributed by atoms with Crippen LogP contribution in [0.2, 0.25) is 0 Å². The molecule has 0 aromatic carbocycles. The summed E-state index contributed by atoms with van der Waals surface area (Å²) >= 11 is 0. The number of nitrogens with zero attached hydrogens (tertiary/aromatic N) is 1. The summed E-state index contributed by atoms with van der Waals surface area (Å²) < 4.78 is 5.19. The molecule has 0 radical (unpaired) electrons. The van der Waals surface area contributed by atoms with Crippen LogP contribution in [-0.2, 0) is 4.79 Å². The Morgan fingerprint density at radius 3 is 2.85 bits per heavy atom. The Labute approximate surface area is 76.9 Å². The van der Waals surface area contributed by atoms with Crippen molar-refractivity contribution in [1.29, 1.82) is 0 Å². The van der Waals surface area contributed by atoms with Gasteiger partial charge in [0.15, 0.2) is 0 Å². The van der Waals surface area contributed by atoms with Crippen LogP contribution >= 0.6 is 0 Å². The summed E-state index contributed by atoms with van der Waals surface area (Å²) in [6, 6.07) is 3.47. The zero-order valence-electron chi connectivity index (χ0n) is 7.70. The largest absolute Gasteiger partial charge is 0.492 e. The van der Waals surface area contributed by atoms with Gasteiger partial charge in [-0.05, 0) is 19.1 Å². The van der Waals surface area contributed by atoms with Crippen molar-refractivity contribution in [2.45, 2.75) is 13.8 Å². The van der Waals surface area contributed by atoms with E-state index in [0.29, 0.717) is 18.2 Å². The van der Waals surface area contributed by atoms with Crippen LogP contribution < -0.4 is 10.1 Å². The maximum atomic E-state index is 10.6. The lowest BCUT2D eigenvalue weighted by Crippen LogP contribution is -2.07. The van der Waals surface area contributed by atoms with E-state index in [1.54, 1.807) is 18.3 Å². The summed E-state index contributed by atoms with van der Waals surface area (Å²) in [5, 5.41) is 2.57. The molecule has 4 heteroatoms. The second kappa shape index (κ2) is 4.45. The van der Waals surface area contributed by atoms with E-state index >= 15 is 0 Å². The van der Waals surface area contributed by atoms with Gasteiger partial charge >= 0.3 is 0 Å². The van der Waals surface area contributed by atoms with Crippen molar-refractivity contribution in [2.75, 3.05) is 11.9 Å². The Balaban J connectivity index is 2.64. The summed E-state index contributed by atoms with van der Waals surface area (Å²) in [4.78, 5) is 14.6. The van der Waals surface area contributed by atoms with E-state index in [4.69, 9.17) is 4.74 Å². The van der Waals surface area contributed by atoms with E-state index in [1.165, 1.54) is 6.92 Å². The fraction of sp³-hybridized carbons (Fsp3) is 0.333. The molecule has 0 atom stereocenters. The third kappa shape index (κ3) is 3.11. The van der Waals surface area contributed by atoms with Crippen molar-refractivity contribution >= 4 is 11.7 Å². The monoisotopic (exact) mass is 180 g/mol. The Kier molecular flexibility index (Phi) is 3.25. The van der Waals surface area contributed by atoms with Crippen molar-refractivity contribution < 1.29 is 9.53 Å². The number of rotatable bonds is 3. The van der Waals surface area contributed by atoms with Crippen molar-refractivity contribution in [2.24, 2.45) is 0 Å². The number of pyridine rings is 1. The normalized spacial score (nSPS) is 9.38. The smallest absolute Gasteiger partial charge is 0.222 e. The van der Waals surface area contributed by atoms with Crippen LogP contribution in [0.4, 0.5) is 5.82 Å². The summed E-state index contributed by atoms with van der Waals surface area (Å²) in [5.74, 6) is 1.12. The number of anilines is 1. The highest BCUT2D eigenvalue weighted by Crippen LogP contribution is 2.11. The number of carbonyl (C=O) groups excluding carboxylic acids is 1. The average molecular weight is 180 g/mol. The molecule has 0 aliphatic rings. The van der Waals surface area contributed by atoms with Crippen LogP contribution in [0.25, 0.3) is 0 Å². The topological polar surface area (TPSA) is 51.2 Å². The SMILES string of the molecule is CCOc1ccc(NC(C)=O)nc1. The Morgan fingerprint density at radius 1 is 1.62 bits per heavy atom. The number of hydrogen-bond donors (Lipinski definition) is 1. The van der Waals surface area contributed by atoms with Gasteiger partial charge in [-0.2, -0.15) is 0 Å². The van der Waals surface area contributed by atoms with E-state index in [0.717, 1.165) is 0 Å². The third-order valence-electron chi connectivity index (χ3n) is 1.35. The van der Waals surface area contributed by atoms with Gasteiger partial charge < -0.3 is 10.1 Å². The molecule has 1 heterocycles. The van der Waals surface area contributed by atoms with Crippen molar-refractivity contribution in [1.82, 2.24) is 4.98 Å². The average Bonchev–Trinajstić information content (AvgIpc) is 2.08. The number of ether oxygens (including phenoxy) is 1. The highest BCUT2D eigenvalue weighted by molar-refractivity contribution is 5.87. The summed E-state index contributed by atoms with van der Waals surface area (Å²) in [6.07, 6.45) is 1.58. The Hall–Kier alpha value is -1.58. The predicted molar refractivity (Wildman–Crippen MR) is 49.7 cm³/mol. The van der Waals surface area contributed by atoms with Gasteiger partial charge in [-0.3, -0.25) is 4.79 Å². The number of aromatic nitrogens is 1. The standard InChI is InChI=1S/C9H12N2O2/c1-3-13-8-4-5-9(10-6-8)11-7(2)12/h4-6H,3H2,1-2H3,(H,10,11,12). The van der Waals surface area contributed by atoms with Crippen LogP contribution in [0.1, 0.15) is 13.8 Å². The Morgan fingerprint density at radius 2 is 2.38 bits per heavy atom. The maximum Gasteiger partial charge on any atom is 0.222 e. The highest BCUT2D eigenvalue weighted by Gasteiger charge is 1.96. The molecule has 4 nitrogen and oxygen atoms in total. The molecular formula is C9H12N2O2. The van der Waals surface area contributed by atoms with E-state index in [-0.39, 0.29) is 5.91 Å². The number of carbonyl (C=O) groups is 1. The van der Waals surface area contributed by atoms with Gasteiger partial charge in [0, 0.05) is 6.92 Å². The third-order valence-corrected chi connectivity index (χ3v) is 1.35. The van der Waals surface area contributed by atoms with Crippen LogP contribution in [0.5, 0.6) is 5.75 Å². The molecule has 0 saturated carbocycles. The van der Waals surface area contributed by atoms with Gasteiger partial charge in [0.25, 0.3) is 0 Å². The van der Waals surface area contributed by atoms with E-state index < -0.39 is 0 Å². The first-order valence-electron chi connectivity index (χ1n) is 4.09. The summed E-state index contributed by atoms with van der Waals surface area (Å²) in [6.45, 7) is 3.96. The molecule has 0 aliphatic carbocycles. The second-order valence-electron chi connectivity index (χ2n) is 2.49. The highest BCUT2D eigenvalue weighted by atomic mass is 16.5. The van der Waals surface area contributed by atoms with Gasteiger partial charge in [0.05, 0.1) is 12.8 Å². The molecule has 13 heavy (non-hydrogen) atoms. The molecule has 1 N–H and O–H groups in total. The van der Waals surface area contributed by atoms with E-state index in [9.17, 15) is 4.79 Å². The van der Waals surface area contributed by atoms with Crippen LogP contribution in [0.3, 0.4) is 0 Å². The molecule has 1 aromatic rings. The quantitative estimate of drug-likeness (QED) is 0.765. The van der Waals surface area contributed by atoms with E-state index in [2.05, 4.69) is 10.3 Å². The first kappa shape index (κ1) is 9.51. The maximum absolute atomic E-state index is 10.6. The van der Waals surface area contributed by atoms with Gasteiger partial charge in [-0.25, -0.2) is 4.98 Å². The molecule has 1 aromatic heterocycles. The predicted octanol–water partition coefficient (Wildman–Crippen LogP) is 1.44. The Bertz CT molecular complexity index is 282. The summed E-state index contributed by atoms with van der Waals surface area (Å²) in [5.41, 5.74) is 0. The van der Waals surface area contributed by atoms with Crippen LogP contribution in [0, 0.1) is 0 Å². The first-order chi connectivity index (χ1) is 6.22. The molecule has 1 rings (SSSR count). The molecule has 0 bridgehead atoms. The molecule has 0 unspecified atom stereocenters. The van der Waals surface area contributed by atoms with Crippen molar-refractivity contribution in [3.05, 3.63) is 18.3 Å². The number of nitrogens with one attached hydrogen (secondary N) is 1. The molecule has 1 amide bonds. The minimum Gasteiger partial charge on any atom is -0.492 e. The van der Waals surface area contributed by atoms with Gasteiger partial charge in [0.1, 0.15) is 11.6 Å². The van der Waals surface area contributed by atoms with Crippen LogP contribution in [0.15, 0.2) is 18.3 Å². The van der Waals surface area contributed by atoms with Crippen LogP contribution in [-0.4, -0.2) is 17.5 Å². The molecular weight excluding hydrogens is 168 g/mol. The lowest BCUT2D eigenvalue weighted by molar-refractivity contribution is -0.114. The van der Waals surface area contributed by atoms with Crippen molar-refractivity contribution in [3.63, 3.8) is 0 Å². The molecule has 0 saturated heterocycles. The zero-order chi connectivity index (χ0) is 9.68. The fourth-order valence-electron chi connectivity index (χ4n) is 0.887. The van der Waals surface area contributed by atoms with E-state index in [1.807, 2.05) is 6.92 Å². The molecule has 0 fully saturated rings. The minimum atomic E-state index is -0.128. The molecule has 70 valence electrons. The van der Waals surface area contributed by atoms with Gasteiger partial charge in [-0.1, -0.05) is 0 Å². The molecule has 0 aliphatic heterocycles. The lowest BCUT2D eigenvalue weighted by atomic mass is 10.4. The minimum absolute atomic E-state index is 0.128. The second-order valence-corrected chi connectivity index (χ2v) is 2.49. The van der Waals surface area contributed by atoms with Crippen molar-refractivity contribution in [3.8, 4) is 5.75 Å². The first-order valence-corrected chi connectivity index (χ1v) is 4.09. The van der Waals surface area contributed by atoms with Gasteiger partial charge in [-0.15, -0.1) is 0 Å². The lowest BCUT2D eigenvalue weighted by Gasteiger charge is -2.03. The number of hydrogen-bond acceptors (Lipinski definition) is 3. The summed E-state index contributed by atoms with van der Waals surface area (Å²) in [7, 11) is 0. The van der Waals surface area contributed by atoms with Gasteiger partial charge in [0.2, 0.25) is 5.91 Å². The molecule has 0 spiro atoms.